The number of hydrogen-bond donors (Lipinski definition) is 3. The molecule has 3 aromatic rings. The normalized spacial score (nSPS) is 13.7. The van der Waals surface area contributed by atoms with Gasteiger partial charge in [-0.05, 0) is 35.4 Å². The van der Waals surface area contributed by atoms with Crippen LogP contribution in [-0.2, 0) is 20.7 Å². The van der Waals surface area contributed by atoms with E-state index in [1.54, 1.807) is 18.2 Å². The van der Waals surface area contributed by atoms with Gasteiger partial charge in [-0.3, -0.25) is 9.59 Å². The predicted molar refractivity (Wildman–Crippen MR) is 123 cm³/mol. The van der Waals surface area contributed by atoms with E-state index in [9.17, 15) is 14.4 Å². The summed E-state index contributed by atoms with van der Waals surface area (Å²) in [4.78, 5) is 36.0. The Kier molecular flexibility index (Phi) is 5.72. The molecular formula is C25H21N3O4. The van der Waals surface area contributed by atoms with E-state index in [1.807, 2.05) is 54.6 Å². The van der Waals surface area contributed by atoms with E-state index in [2.05, 4.69) is 10.6 Å². The van der Waals surface area contributed by atoms with E-state index in [0.29, 0.717) is 28.1 Å². The van der Waals surface area contributed by atoms with Gasteiger partial charge in [0.15, 0.2) is 0 Å². The number of carbonyl (C=O) groups is 3. The zero-order chi connectivity index (χ0) is 22.7. The van der Waals surface area contributed by atoms with Crippen molar-refractivity contribution in [2.45, 2.75) is 6.42 Å². The molecule has 0 atom stereocenters. The first kappa shape index (κ1) is 20.9. The number of nitrogens with one attached hydrogen (secondary N) is 2. The van der Waals surface area contributed by atoms with Crippen molar-refractivity contribution in [1.29, 1.82) is 0 Å². The van der Waals surface area contributed by atoms with Crippen molar-refractivity contribution in [3.8, 4) is 0 Å². The molecule has 0 fully saturated rings. The lowest BCUT2D eigenvalue weighted by Crippen LogP contribution is -2.13. The summed E-state index contributed by atoms with van der Waals surface area (Å²) in [6, 6.07) is 21.7. The summed E-state index contributed by atoms with van der Waals surface area (Å²) in [5.74, 6) is -1.15. The Balaban J connectivity index is 1.79. The number of carbonyl (C=O) groups excluding carboxylic acids is 3. The minimum absolute atomic E-state index is 0.158. The van der Waals surface area contributed by atoms with Gasteiger partial charge in [0.25, 0.3) is 5.91 Å². The summed E-state index contributed by atoms with van der Waals surface area (Å²) in [5.41, 5.74) is 10.3. The molecule has 7 nitrogen and oxygen atoms in total. The van der Waals surface area contributed by atoms with Crippen LogP contribution in [0, 0.1) is 0 Å². The highest BCUT2D eigenvalue weighted by molar-refractivity contribution is 6.37. The van der Waals surface area contributed by atoms with E-state index in [0.717, 1.165) is 16.8 Å². The van der Waals surface area contributed by atoms with Gasteiger partial charge in [-0.1, -0.05) is 48.5 Å². The van der Waals surface area contributed by atoms with Crippen LogP contribution in [0.15, 0.2) is 72.8 Å². The van der Waals surface area contributed by atoms with Crippen LogP contribution in [0.5, 0.6) is 0 Å². The first-order chi connectivity index (χ1) is 15.5. The number of anilines is 2. The second-order valence-corrected chi connectivity index (χ2v) is 7.29. The molecule has 4 rings (SSSR count). The van der Waals surface area contributed by atoms with E-state index < -0.39 is 11.9 Å². The number of rotatable bonds is 6. The number of hydrogen-bond acceptors (Lipinski definition) is 5. The third-order valence-corrected chi connectivity index (χ3v) is 5.10. The Bertz CT molecular complexity index is 1230. The number of methoxy groups -OCH3 is 1. The topological polar surface area (TPSA) is 111 Å². The van der Waals surface area contributed by atoms with Gasteiger partial charge in [-0.25, -0.2) is 4.79 Å². The maximum atomic E-state index is 13.0. The smallest absolute Gasteiger partial charge is 0.337 e. The third kappa shape index (κ3) is 4.22. The molecule has 0 spiro atoms. The molecule has 0 saturated carbocycles. The molecule has 0 aromatic heterocycles. The van der Waals surface area contributed by atoms with E-state index >= 15 is 0 Å². The number of nitrogens with two attached hydrogens (primary N) is 1. The van der Waals surface area contributed by atoms with Gasteiger partial charge in [-0.2, -0.15) is 0 Å². The fourth-order valence-electron chi connectivity index (χ4n) is 3.60. The molecule has 0 bridgehead atoms. The molecule has 32 heavy (non-hydrogen) atoms. The molecule has 1 aliphatic rings. The molecule has 7 heteroatoms. The second kappa shape index (κ2) is 8.77. The Labute approximate surface area is 184 Å². The van der Waals surface area contributed by atoms with Crippen LogP contribution in [0.25, 0.3) is 11.3 Å². The van der Waals surface area contributed by atoms with Crippen molar-refractivity contribution < 1.29 is 19.1 Å². The molecule has 0 aliphatic carbocycles. The largest absolute Gasteiger partial charge is 0.465 e. The summed E-state index contributed by atoms with van der Waals surface area (Å²) in [5, 5.41) is 6.19. The molecule has 160 valence electrons. The highest BCUT2D eigenvalue weighted by Gasteiger charge is 2.29. The van der Waals surface area contributed by atoms with Crippen LogP contribution in [0.2, 0.25) is 0 Å². The van der Waals surface area contributed by atoms with Crippen molar-refractivity contribution in [3.05, 3.63) is 95.1 Å². The summed E-state index contributed by atoms with van der Waals surface area (Å²) >= 11 is 0. The zero-order valence-electron chi connectivity index (χ0n) is 17.3. The number of fused-ring (bicyclic) bond motifs is 1. The van der Waals surface area contributed by atoms with Crippen molar-refractivity contribution in [2.75, 3.05) is 17.7 Å². The van der Waals surface area contributed by atoms with Gasteiger partial charge in [0.2, 0.25) is 5.91 Å². The molecule has 3 aromatic carbocycles. The van der Waals surface area contributed by atoms with Gasteiger partial charge in [0.1, 0.15) is 0 Å². The van der Waals surface area contributed by atoms with Crippen LogP contribution in [0.1, 0.15) is 27.0 Å². The highest BCUT2D eigenvalue weighted by Crippen LogP contribution is 2.38. The van der Waals surface area contributed by atoms with E-state index in [4.69, 9.17) is 10.5 Å². The monoisotopic (exact) mass is 427 g/mol. The molecule has 0 radical (unpaired) electrons. The van der Waals surface area contributed by atoms with Crippen molar-refractivity contribution in [3.63, 3.8) is 0 Å². The van der Waals surface area contributed by atoms with Gasteiger partial charge >= 0.3 is 5.97 Å². The standard InChI is InChI=1S/C25H21N3O4/c1-32-25(31)17-9-12-19-20(14-17)28-24(30)22(19)23(16-5-3-2-4-6-16)27-18-10-7-15(8-11-18)13-21(26)29/h2-12,14,27H,13H2,1H3,(H2,26,29)(H,28,30). The van der Waals surface area contributed by atoms with Gasteiger partial charge in [0.05, 0.1) is 36.1 Å². The maximum absolute atomic E-state index is 13.0. The Hall–Kier alpha value is -4.39. The van der Waals surface area contributed by atoms with Gasteiger partial charge in [0, 0.05) is 11.3 Å². The van der Waals surface area contributed by atoms with Crippen LogP contribution < -0.4 is 16.4 Å². The first-order valence-electron chi connectivity index (χ1n) is 9.94. The molecule has 2 amide bonds. The summed E-state index contributed by atoms with van der Waals surface area (Å²) in [6.45, 7) is 0. The minimum atomic E-state index is -0.475. The summed E-state index contributed by atoms with van der Waals surface area (Å²) in [6.07, 6.45) is 0.158. The Morgan fingerprint density at radius 2 is 1.69 bits per heavy atom. The second-order valence-electron chi connectivity index (χ2n) is 7.29. The highest BCUT2D eigenvalue weighted by atomic mass is 16.5. The number of benzene rings is 3. The fourth-order valence-corrected chi connectivity index (χ4v) is 3.60. The first-order valence-corrected chi connectivity index (χ1v) is 9.94. The zero-order valence-corrected chi connectivity index (χ0v) is 17.3. The van der Waals surface area contributed by atoms with Crippen molar-refractivity contribution in [2.24, 2.45) is 5.73 Å². The molecule has 0 unspecified atom stereocenters. The van der Waals surface area contributed by atoms with Crippen molar-refractivity contribution >= 4 is 40.4 Å². The Morgan fingerprint density at radius 1 is 0.969 bits per heavy atom. The molecule has 4 N–H and O–H groups in total. The fraction of sp³-hybridized carbons (Fsp3) is 0.0800. The van der Waals surface area contributed by atoms with E-state index in [1.165, 1.54) is 7.11 Å². The number of amides is 2. The molecule has 0 saturated heterocycles. The third-order valence-electron chi connectivity index (χ3n) is 5.10. The number of ether oxygens (including phenoxy) is 1. The Morgan fingerprint density at radius 3 is 2.34 bits per heavy atom. The summed E-state index contributed by atoms with van der Waals surface area (Å²) in [7, 11) is 1.31. The average molecular weight is 427 g/mol. The maximum Gasteiger partial charge on any atom is 0.337 e. The van der Waals surface area contributed by atoms with Crippen LogP contribution in [0.4, 0.5) is 11.4 Å². The average Bonchev–Trinajstić information content (AvgIpc) is 3.13. The SMILES string of the molecule is COC(=O)c1ccc2c(c1)NC(=O)C2=C(Nc1ccc(CC(N)=O)cc1)c1ccccc1. The van der Waals surface area contributed by atoms with Crippen molar-refractivity contribution in [1.82, 2.24) is 0 Å². The van der Waals surface area contributed by atoms with E-state index in [-0.39, 0.29) is 12.3 Å². The lowest BCUT2D eigenvalue weighted by atomic mass is 9.99. The number of primary amides is 1. The van der Waals surface area contributed by atoms with Gasteiger partial charge < -0.3 is 21.1 Å². The molecule has 1 heterocycles. The quantitative estimate of drug-likeness (QED) is 0.412. The van der Waals surface area contributed by atoms with Gasteiger partial charge in [-0.15, -0.1) is 0 Å². The van der Waals surface area contributed by atoms with Crippen LogP contribution >= 0.6 is 0 Å². The van der Waals surface area contributed by atoms with Crippen LogP contribution in [0.3, 0.4) is 0 Å². The predicted octanol–water partition coefficient (Wildman–Crippen LogP) is 3.43. The lowest BCUT2D eigenvalue weighted by molar-refractivity contribution is -0.117. The summed E-state index contributed by atoms with van der Waals surface area (Å²) < 4.78 is 4.77. The minimum Gasteiger partial charge on any atom is -0.465 e. The lowest BCUT2D eigenvalue weighted by Gasteiger charge is -2.15. The molecular weight excluding hydrogens is 406 g/mol. The number of esters is 1. The van der Waals surface area contributed by atoms with Crippen LogP contribution in [-0.4, -0.2) is 24.9 Å². The molecule has 1 aliphatic heterocycles.